The molecule has 0 saturated heterocycles. The Morgan fingerprint density at radius 3 is 2.50 bits per heavy atom. The zero-order valence-electron chi connectivity index (χ0n) is 10.7. The Balaban J connectivity index is 2.90. The summed E-state index contributed by atoms with van der Waals surface area (Å²) in [5, 5.41) is 11.0. The molecule has 1 aromatic heterocycles. The Morgan fingerprint density at radius 1 is 1.45 bits per heavy atom. The van der Waals surface area contributed by atoms with Crippen molar-refractivity contribution in [3.63, 3.8) is 0 Å². The lowest BCUT2D eigenvalue weighted by molar-refractivity contribution is -0.139. The predicted molar refractivity (Wildman–Crippen MR) is 65.5 cm³/mol. The van der Waals surface area contributed by atoms with Gasteiger partial charge in [0.15, 0.2) is 5.69 Å². The number of carboxylic acids is 1. The SMILES string of the molecule is CC(C)C[C@@H](NC(=O)c1ncsc1C(F)(F)F)C(=O)O. The number of amides is 1. The summed E-state index contributed by atoms with van der Waals surface area (Å²) in [5.74, 6) is -2.46. The van der Waals surface area contributed by atoms with Crippen LogP contribution in [0.2, 0.25) is 0 Å². The summed E-state index contributed by atoms with van der Waals surface area (Å²) in [6.07, 6.45) is -4.57. The number of hydrogen-bond donors (Lipinski definition) is 2. The van der Waals surface area contributed by atoms with Crippen molar-refractivity contribution < 1.29 is 27.9 Å². The van der Waals surface area contributed by atoms with Crippen LogP contribution in [-0.4, -0.2) is 28.0 Å². The van der Waals surface area contributed by atoms with Crippen molar-refractivity contribution in [1.29, 1.82) is 0 Å². The molecule has 0 aliphatic carbocycles. The van der Waals surface area contributed by atoms with Gasteiger partial charge in [0.05, 0.1) is 5.51 Å². The van der Waals surface area contributed by atoms with Gasteiger partial charge in [-0.05, 0) is 12.3 Å². The van der Waals surface area contributed by atoms with Crippen LogP contribution >= 0.6 is 11.3 Å². The molecule has 0 spiro atoms. The van der Waals surface area contributed by atoms with E-state index in [1.54, 1.807) is 13.8 Å². The van der Waals surface area contributed by atoms with Crippen LogP contribution in [0.4, 0.5) is 13.2 Å². The fourth-order valence-electron chi connectivity index (χ4n) is 1.53. The number of carbonyl (C=O) groups excluding carboxylic acids is 1. The maximum atomic E-state index is 12.6. The van der Waals surface area contributed by atoms with Crippen LogP contribution in [0.15, 0.2) is 5.51 Å². The van der Waals surface area contributed by atoms with Gasteiger partial charge in [0.2, 0.25) is 0 Å². The molecule has 0 unspecified atom stereocenters. The van der Waals surface area contributed by atoms with Crippen LogP contribution in [0.1, 0.15) is 35.6 Å². The standard InChI is InChI=1S/C11H13F3N2O3S/c1-5(2)3-6(10(18)19)16-9(17)7-8(11(12,13)14)20-4-15-7/h4-6H,3H2,1-2H3,(H,16,17)(H,18,19)/t6-/m1/s1. The van der Waals surface area contributed by atoms with Crippen molar-refractivity contribution in [3.8, 4) is 0 Å². The molecule has 1 atom stereocenters. The average molecular weight is 310 g/mol. The second-order valence-corrected chi connectivity index (χ2v) is 5.38. The van der Waals surface area contributed by atoms with Gasteiger partial charge in [-0.15, -0.1) is 11.3 Å². The first-order valence-corrected chi connectivity index (χ1v) is 6.55. The summed E-state index contributed by atoms with van der Waals surface area (Å²) in [6.45, 7) is 3.48. The molecule has 0 aromatic carbocycles. The molecule has 112 valence electrons. The minimum absolute atomic E-state index is 0.0334. The highest BCUT2D eigenvalue weighted by Crippen LogP contribution is 2.34. The summed E-state index contributed by atoms with van der Waals surface area (Å²) in [4.78, 5) is 24.9. The molecule has 2 N–H and O–H groups in total. The maximum Gasteiger partial charge on any atom is 0.427 e. The molecule has 9 heteroatoms. The summed E-state index contributed by atoms with van der Waals surface area (Å²) in [6, 6.07) is -1.25. The van der Waals surface area contributed by atoms with E-state index in [0.717, 1.165) is 5.51 Å². The Hall–Kier alpha value is -1.64. The predicted octanol–water partition coefficient (Wildman–Crippen LogP) is 2.39. The van der Waals surface area contributed by atoms with Crippen molar-refractivity contribution >= 4 is 23.2 Å². The number of hydrogen-bond acceptors (Lipinski definition) is 4. The molecule has 0 radical (unpaired) electrons. The van der Waals surface area contributed by atoms with Gasteiger partial charge in [-0.25, -0.2) is 9.78 Å². The minimum Gasteiger partial charge on any atom is -0.480 e. The molecular weight excluding hydrogens is 297 g/mol. The van der Waals surface area contributed by atoms with Crippen LogP contribution in [0.25, 0.3) is 0 Å². The van der Waals surface area contributed by atoms with Gasteiger partial charge in [-0.3, -0.25) is 4.79 Å². The fourth-order valence-corrected chi connectivity index (χ4v) is 2.18. The highest BCUT2D eigenvalue weighted by molar-refractivity contribution is 7.10. The maximum absolute atomic E-state index is 12.6. The molecule has 0 aliphatic heterocycles. The molecule has 0 fully saturated rings. The lowest BCUT2D eigenvalue weighted by Crippen LogP contribution is -2.42. The molecular formula is C11H13F3N2O3S. The molecule has 1 rings (SSSR count). The first-order valence-electron chi connectivity index (χ1n) is 5.67. The zero-order chi connectivity index (χ0) is 15.5. The van der Waals surface area contributed by atoms with Crippen LogP contribution in [-0.2, 0) is 11.0 Å². The number of thiazole rings is 1. The number of carboxylic acid groups (broad SMARTS) is 1. The molecule has 0 saturated carbocycles. The first-order chi connectivity index (χ1) is 9.12. The van der Waals surface area contributed by atoms with Crippen LogP contribution < -0.4 is 5.32 Å². The molecule has 0 bridgehead atoms. The van der Waals surface area contributed by atoms with E-state index in [2.05, 4.69) is 10.3 Å². The third-order valence-electron chi connectivity index (χ3n) is 2.35. The smallest absolute Gasteiger partial charge is 0.427 e. The zero-order valence-corrected chi connectivity index (χ0v) is 11.5. The molecule has 1 amide bonds. The van der Waals surface area contributed by atoms with Crippen LogP contribution in [0, 0.1) is 5.92 Å². The van der Waals surface area contributed by atoms with Crippen molar-refractivity contribution in [1.82, 2.24) is 10.3 Å². The third kappa shape index (κ3) is 4.19. The lowest BCUT2D eigenvalue weighted by atomic mass is 10.0. The monoisotopic (exact) mass is 310 g/mol. The van der Waals surface area contributed by atoms with Crippen molar-refractivity contribution in [3.05, 3.63) is 16.1 Å². The normalized spacial score (nSPS) is 13.3. The number of rotatable bonds is 5. The Morgan fingerprint density at radius 2 is 2.05 bits per heavy atom. The van der Waals surface area contributed by atoms with Gasteiger partial charge in [-0.2, -0.15) is 13.2 Å². The molecule has 20 heavy (non-hydrogen) atoms. The van der Waals surface area contributed by atoms with Gasteiger partial charge >= 0.3 is 12.1 Å². The van der Waals surface area contributed by atoms with Gasteiger partial charge in [0.25, 0.3) is 5.91 Å². The number of nitrogens with one attached hydrogen (secondary N) is 1. The molecule has 1 heterocycles. The number of aliphatic carboxylic acids is 1. The van der Waals surface area contributed by atoms with Crippen LogP contribution in [0.5, 0.6) is 0 Å². The minimum atomic E-state index is -4.69. The fraction of sp³-hybridized carbons (Fsp3) is 0.545. The van der Waals surface area contributed by atoms with E-state index in [9.17, 15) is 22.8 Å². The van der Waals surface area contributed by atoms with E-state index in [0.29, 0.717) is 0 Å². The van der Waals surface area contributed by atoms with Crippen molar-refractivity contribution in [2.75, 3.05) is 0 Å². The summed E-state index contributed by atoms with van der Waals surface area (Å²) < 4.78 is 37.9. The van der Waals surface area contributed by atoms with Gasteiger partial charge in [0.1, 0.15) is 10.9 Å². The number of halogens is 3. The second kappa shape index (κ2) is 6.21. The van der Waals surface area contributed by atoms with E-state index in [4.69, 9.17) is 5.11 Å². The number of alkyl halides is 3. The topological polar surface area (TPSA) is 79.3 Å². The van der Waals surface area contributed by atoms with E-state index >= 15 is 0 Å². The van der Waals surface area contributed by atoms with Crippen molar-refractivity contribution in [2.45, 2.75) is 32.5 Å². The molecule has 1 aromatic rings. The Bertz CT molecular complexity index is 499. The Kier molecular flexibility index (Phi) is 5.09. The molecule has 5 nitrogen and oxygen atoms in total. The average Bonchev–Trinajstić information content (AvgIpc) is 2.75. The summed E-state index contributed by atoms with van der Waals surface area (Å²) in [5.41, 5.74) is 0.105. The quantitative estimate of drug-likeness (QED) is 0.875. The van der Waals surface area contributed by atoms with Gasteiger partial charge in [-0.1, -0.05) is 13.8 Å². The highest BCUT2D eigenvalue weighted by Gasteiger charge is 2.38. The number of aromatic nitrogens is 1. The van der Waals surface area contributed by atoms with E-state index < -0.39 is 34.7 Å². The van der Waals surface area contributed by atoms with Gasteiger partial charge < -0.3 is 10.4 Å². The van der Waals surface area contributed by atoms with Gasteiger partial charge in [0, 0.05) is 0 Å². The largest absolute Gasteiger partial charge is 0.480 e. The number of nitrogens with zero attached hydrogens (tertiary/aromatic N) is 1. The van der Waals surface area contributed by atoms with E-state index in [1.807, 2.05) is 0 Å². The first kappa shape index (κ1) is 16.4. The second-order valence-electron chi connectivity index (χ2n) is 4.52. The molecule has 0 aliphatic rings. The highest BCUT2D eigenvalue weighted by atomic mass is 32.1. The number of carbonyl (C=O) groups is 2. The van der Waals surface area contributed by atoms with E-state index in [1.165, 1.54) is 0 Å². The van der Waals surface area contributed by atoms with E-state index in [-0.39, 0.29) is 23.7 Å². The Labute approximate surface area is 116 Å². The summed E-state index contributed by atoms with van der Waals surface area (Å²) in [7, 11) is 0. The van der Waals surface area contributed by atoms with Crippen molar-refractivity contribution in [2.24, 2.45) is 5.92 Å². The lowest BCUT2D eigenvalue weighted by Gasteiger charge is -2.16. The van der Waals surface area contributed by atoms with Crippen LogP contribution in [0.3, 0.4) is 0 Å². The summed E-state index contributed by atoms with van der Waals surface area (Å²) >= 11 is 0.290. The third-order valence-corrected chi connectivity index (χ3v) is 3.22.